The Balaban J connectivity index is 1.87. The molecule has 128 valence electrons. The Bertz CT molecular complexity index is 682. The van der Waals surface area contributed by atoms with Crippen LogP contribution in [-0.4, -0.2) is 41.2 Å². The highest BCUT2D eigenvalue weighted by molar-refractivity contribution is 5.46. The molecule has 24 heavy (non-hydrogen) atoms. The number of benzene rings is 2. The minimum absolute atomic E-state index is 0.0637. The quantitative estimate of drug-likeness (QED) is 0.593. The Labute approximate surface area is 139 Å². The van der Waals surface area contributed by atoms with Gasteiger partial charge < -0.3 is 9.84 Å². The molecule has 1 N–H and O–H groups in total. The predicted molar refractivity (Wildman–Crippen MR) is 87.3 cm³/mol. The van der Waals surface area contributed by atoms with Crippen molar-refractivity contribution in [3.63, 3.8) is 0 Å². The SMILES string of the molecule is CN(Cc1ccccc1)CC(O)COc1ccc(F)cc1[N+](=O)[O-]. The molecule has 0 aromatic heterocycles. The molecule has 2 aromatic rings. The third-order valence-corrected chi connectivity index (χ3v) is 3.37. The minimum atomic E-state index is -0.830. The van der Waals surface area contributed by atoms with Crippen LogP contribution in [0.25, 0.3) is 0 Å². The highest BCUT2D eigenvalue weighted by atomic mass is 19.1. The summed E-state index contributed by atoms with van der Waals surface area (Å²) in [7, 11) is 1.86. The van der Waals surface area contributed by atoms with E-state index >= 15 is 0 Å². The second kappa shape index (κ2) is 8.37. The van der Waals surface area contributed by atoms with Gasteiger partial charge in [-0.1, -0.05) is 30.3 Å². The Morgan fingerprint density at radius 1 is 1.29 bits per heavy atom. The van der Waals surface area contributed by atoms with Gasteiger partial charge in [-0.05, 0) is 24.7 Å². The van der Waals surface area contributed by atoms with E-state index in [0.717, 1.165) is 17.7 Å². The predicted octanol–water partition coefficient (Wildman–Crippen LogP) is 2.61. The number of aliphatic hydroxyl groups is 1. The first-order valence-corrected chi connectivity index (χ1v) is 7.43. The van der Waals surface area contributed by atoms with Crippen LogP contribution >= 0.6 is 0 Å². The number of hydrogen-bond acceptors (Lipinski definition) is 5. The molecule has 7 heteroatoms. The summed E-state index contributed by atoms with van der Waals surface area (Å²) in [4.78, 5) is 12.1. The van der Waals surface area contributed by atoms with Gasteiger partial charge in [-0.2, -0.15) is 0 Å². The lowest BCUT2D eigenvalue weighted by atomic mass is 10.2. The summed E-state index contributed by atoms with van der Waals surface area (Å²) < 4.78 is 18.4. The van der Waals surface area contributed by atoms with E-state index in [-0.39, 0.29) is 12.4 Å². The minimum Gasteiger partial charge on any atom is -0.484 e. The molecule has 1 atom stereocenters. The van der Waals surface area contributed by atoms with E-state index in [4.69, 9.17) is 4.74 Å². The molecule has 0 aliphatic heterocycles. The largest absolute Gasteiger partial charge is 0.484 e. The third-order valence-electron chi connectivity index (χ3n) is 3.37. The molecule has 0 spiro atoms. The van der Waals surface area contributed by atoms with Crippen LogP contribution in [0.4, 0.5) is 10.1 Å². The number of ether oxygens (including phenoxy) is 1. The lowest BCUT2D eigenvalue weighted by molar-refractivity contribution is -0.386. The second-order valence-corrected chi connectivity index (χ2v) is 5.52. The topological polar surface area (TPSA) is 75.8 Å². The average molecular weight is 334 g/mol. The number of nitro benzene ring substituents is 1. The first-order chi connectivity index (χ1) is 11.5. The van der Waals surface area contributed by atoms with Gasteiger partial charge in [0.15, 0.2) is 5.75 Å². The van der Waals surface area contributed by atoms with Gasteiger partial charge in [-0.3, -0.25) is 15.0 Å². The molecule has 0 aliphatic carbocycles. The van der Waals surface area contributed by atoms with Crippen LogP contribution in [0, 0.1) is 15.9 Å². The standard InChI is InChI=1S/C17H19FN2O4/c1-19(10-13-5-3-2-4-6-13)11-15(21)12-24-17-8-7-14(18)9-16(17)20(22)23/h2-9,15,21H,10-12H2,1H3. The number of aliphatic hydroxyl groups excluding tert-OH is 1. The third kappa shape index (κ3) is 5.29. The molecule has 2 aromatic carbocycles. The fraction of sp³-hybridized carbons (Fsp3) is 0.294. The monoisotopic (exact) mass is 334 g/mol. The maximum Gasteiger partial charge on any atom is 0.313 e. The lowest BCUT2D eigenvalue weighted by Gasteiger charge is -2.20. The molecular formula is C17H19FN2O4. The zero-order valence-corrected chi connectivity index (χ0v) is 13.3. The second-order valence-electron chi connectivity index (χ2n) is 5.52. The zero-order valence-electron chi connectivity index (χ0n) is 13.3. The van der Waals surface area contributed by atoms with Crippen molar-refractivity contribution in [2.24, 2.45) is 0 Å². The van der Waals surface area contributed by atoms with Gasteiger partial charge in [-0.25, -0.2) is 4.39 Å². The summed E-state index contributed by atoms with van der Waals surface area (Å²) in [6.45, 7) is 0.879. The Kier molecular flexibility index (Phi) is 6.22. The zero-order chi connectivity index (χ0) is 17.5. The van der Waals surface area contributed by atoms with Crippen LogP contribution in [0.1, 0.15) is 5.56 Å². The van der Waals surface area contributed by atoms with Crippen LogP contribution in [0.2, 0.25) is 0 Å². The first kappa shape index (κ1) is 17.8. The fourth-order valence-corrected chi connectivity index (χ4v) is 2.31. The number of nitro groups is 1. The molecule has 0 bridgehead atoms. The first-order valence-electron chi connectivity index (χ1n) is 7.43. The van der Waals surface area contributed by atoms with E-state index < -0.39 is 22.5 Å². The van der Waals surface area contributed by atoms with Crippen molar-refractivity contribution in [3.8, 4) is 5.75 Å². The summed E-state index contributed by atoms with van der Waals surface area (Å²) in [6.07, 6.45) is -0.830. The van der Waals surface area contributed by atoms with Crippen LogP contribution in [-0.2, 0) is 6.54 Å². The molecule has 0 saturated carbocycles. The number of likely N-dealkylation sites (N-methyl/N-ethyl adjacent to an activating group) is 1. The van der Waals surface area contributed by atoms with Crippen molar-refractivity contribution in [1.82, 2.24) is 4.90 Å². The highest BCUT2D eigenvalue weighted by Crippen LogP contribution is 2.27. The molecule has 1 unspecified atom stereocenters. The van der Waals surface area contributed by atoms with Gasteiger partial charge in [0.25, 0.3) is 0 Å². The van der Waals surface area contributed by atoms with Gasteiger partial charge in [0.05, 0.1) is 11.0 Å². The Morgan fingerprint density at radius 3 is 2.67 bits per heavy atom. The van der Waals surface area contributed by atoms with Gasteiger partial charge in [0.2, 0.25) is 0 Å². The molecule has 0 radical (unpaired) electrons. The van der Waals surface area contributed by atoms with Crippen molar-refractivity contribution < 1.29 is 19.2 Å². The van der Waals surface area contributed by atoms with Crippen molar-refractivity contribution >= 4 is 5.69 Å². The van der Waals surface area contributed by atoms with Crippen LogP contribution < -0.4 is 4.74 Å². The molecule has 0 amide bonds. The van der Waals surface area contributed by atoms with Crippen molar-refractivity contribution in [3.05, 3.63) is 70.0 Å². The van der Waals surface area contributed by atoms with E-state index in [0.29, 0.717) is 13.1 Å². The average Bonchev–Trinajstić information content (AvgIpc) is 2.54. The molecule has 0 heterocycles. The van der Waals surface area contributed by atoms with Gasteiger partial charge >= 0.3 is 5.69 Å². The normalized spacial score (nSPS) is 12.2. The van der Waals surface area contributed by atoms with Crippen molar-refractivity contribution in [2.75, 3.05) is 20.2 Å². The Morgan fingerprint density at radius 2 is 2.00 bits per heavy atom. The maximum atomic E-state index is 13.1. The number of nitrogens with zero attached hydrogens (tertiary/aromatic N) is 2. The smallest absolute Gasteiger partial charge is 0.313 e. The fourth-order valence-electron chi connectivity index (χ4n) is 2.31. The summed E-state index contributed by atoms with van der Waals surface area (Å²) in [5.74, 6) is -0.775. The van der Waals surface area contributed by atoms with Gasteiger partial charge in [0, 0.05) is 13.1 Å². The molecule has 2 rings (SSSR count). The summed E-state index contributed by atoms with van der Waals surface area (Å²) in [5.41, 5.74) is 0.655. The van der Waals surface area contributed by atoms with E-state index in [2.05, 4.69) is 0 Å². The number of rotatable bonds is 8. The van der Waals surface area contributed by atoms with Crippen LogP contribution in [0.3, 0.4) is 0 Å². The van der Waals surface area contributed by atoms with E-state index in [1.807, 2.05) is 42.3 Å². The summed E-state index contributed by atoms with van der Waals surface area (Å²) in [5, 5.41) is 20.9. The van der Waals surface area contributed by atoms with Gasteiger partial charge in [0.1, 0.15) is 18.5 Å². The molecular weight excluding hydrogens is 315 g/mol. The van der Waals surface area contributed by atoms with Crippen molar-refractivity contribution in [1.29, 1.82) is 0 Å². The van der Waals surface area contributed by atoms with Crippen molar-refractivity contribution in [2.45, 2.75) is 12.6 Å². The van der Waals surface area contributed by atoms with Crippen LogP contribution in [0.5, 0.6) is 5.75 Å². The summed E-state index contributed by atoms with van der Waals surface area (Å²) >= 11 is 0. The molecule has 6 nitrogen and oxygen atoms in total. The van der Waals surface area contributed by atoms with E-state index in [1.165, 1.54) is 6.07 Å². The van der Waals surface area contributed by atoms with Crippen LogP contribution in [0.15, 0.2) is 48.5 Å². The Hall–Kier alpha value is -2.51. The molecule has 0 fully saturated rings. The van der Waals surface area contributed by atoms with E-state index in [9.17, 15) is 19.6 Å². The van der Waals surface area contributed by atoms with Gasteiger partial charge in [-0.15, -0.1) is 0 Å². The van der Waals surface area contributed by atoms with E-state index in [1.54, 1.807) is 0 Å². The summed E-state index contributed by atoms with van der Waals surface area (Å²) in [6, 6.07) is 12.9. The number of hydrogen-bond donors (Lipinski definition) is 1. The maximum absolute atomic E-state index is 13.1. The highest BCUT2D eigenvalue weighted by Gasteiger charge is 2.18. The molecule has 0 aliphatic rings. The number of halogens is 1. The lowest BCUT2D eigenvalue weighted by Crippen LogP contribution is -2.32. The molecule has 0 saturated heterocycles.